The molecule has 0 aromatic rings. The zero-order valence-electron chi connectivity index (χ0n) is 6.89. The van der Waals surface area contributed by atoms with E-state index in [-0.39, 0.29) is 6.15 Å². The summed E-state index contributed by atoms with van der Waals surface area (Å²) in [5.41, 5.74) is 4.53. The summed E-state index contributed by atoms with van der Waals surface area (Å²) in [6, 6.07) is 0. The van der Waals surface area contributed by atoms with E-state index in [0.29, 0.717) is 0 Å². The number of carbonyl (C=O) groups is 1. The fourth-order valence-corrected chi connectivity index (χ4v) is 0. The monoisotopic (exact) mass is 146 g/mol. The molecule has 0 aliphatic rings. The Morgan fingerprint density at radius 1 is 1.50 bits per heavy atom. The van der Waals surface area contributed by atoms with Crippen molar-refractivity contribution in [1.29, 1.82) is 0 Å². The van der Waals surface area contributed by atoms with Gasteiger partial charge in [-0.15, -0.1) is 0 Å². The molecule has 3 nitrogen and oxygen atoms in total. The van der Waals surface area contributed by atoms with Gasteiger partial charge in [-0.05, 0) is 6.08 Å². The van der Waals surface area contributed by atoms with Gasteiger partial charge in [0.15, 0.2) is 0 Å². The van der Waals surface area contributed by atoms with Crippen LogP contribution in [0.3, 0.4) is 0 Å². The molecular formula is C7H18N2O. The number of amides is 1. The molecule has 1 amide bonds. The van der Waals surface area contributed by atoms with Crippen LogP contribution in [0.15, 0.2) is 12.7 Å². The maximum absolute atomic E-state index is 9.47. The first-order chi connectivity index (χ1) is 4.18. The van der Waals surface area contributed by atoms with Crippen molar-refractivity contribution in [2.24, 2.45) is 5.73 Å². The van der Waals surface area contributed by atoms with Crippen molar-refractivity contribution in [1.82, 2.24) is 6.15 Å². The average molecular weight is 146 g/mol. The highest BCUT2D eigenvalue weighted by Crippen LogP contribution is 1.76. The van der Waals surface area contributed by atoms with Crippen LogP contribution in [-0.2, 0) is 4.79 Å². The van der Waals surface area contributed by atoms with E-state index in [1.807, 2.05) is 0 Å². The second-order valence-electron chi connectivity index (χ2n) is 1.61. The highest BCUT2D eigenvalue weighted by atomic mass is 16.1. The lowest BCUT2D eigenvalue weighted by atomic mass is 10.4. The van der Waals surface area contributed by atoms with Crippen molar-refractivity contribution in [2.75, 3.05) is 0 Å². The van der Waals surface area contributed by atoms with Gasteiger partial charge < -0.3 is 11.9 Å². The Morgan fingerprint density at radius 2 is 1.70 bits per heavy atom. The van der Waals surface area contributed by atoms with Crippen LogP contribution in [0.1, 0.15) is 26.7 Å². The van der Waals surface area contributed by atoms with Gasteiger partial charge in [-0.1, -0.05) is 33.3 Å². The minimum atomic E-state index is -0.481. The third-order valence-corrected chi connectivity index (χ3v) is 0.701. The van der Waals surface area contributed by atoms with E-state index in [2.05, 4.69) is 26.2 Å². The third kappa shape index (κ3) is 58.0. The molecule has 0 bridgehead atoms. The van der Waals surface area contributed by atoms with E-state index < -0.39 is 5.91 Å². The predicted molar refractivity (Wildman–Crippen MR) is 45.0 cm³/mol. The molecule has 10 heavy (non-hydrogen) atoms. The maximum Gasteiger partial charge on any atom is 0.240 e. The fraction of sp³-hybridized carbons (Fsp3) is 0.571. The van der Waals surface area contributed by atoms with E-state index in [1.165, 1.54) is 12.8 Å². The lowest BCUT2D eigenvalue weighted by Crippen LogP contribution is -2.04. The van der Waals surface area contributed by atoms with Crippen molar-refractivity contribution >= 4 is 5.91 Å². The van der Waals surface area contributed by atoms with Gasteiger partial charge in [0.25, 0.3) is 0 Å². The molecular weight excluding hydrogens is 128 g/mol. The summed E-state index contributed by atoms with van der Waals surface area (Å²) in [7, 11) is 0. The zero-order chi connectivity index (χ0) is 7.70. The Hall–Kier alpha value is -0.830. The van der Waals surface area contributed by atoms with Crippen molar-refractivity contribution in [3.8, 4) is 0 Å². The molecule has 0 aliphatic carbocycles. The first-order valence-corrected chi connectivity index (χ1v) is 3.10. The summed E-state index contributed by atoms with van der Waals surface area (Å²) in [5, 5.41) is 0. The number of hydrogen-bond donors (Lipinski definition) is 2. The highest BCUT2D eigenvalue weighted by Gasteiger charge is 1.69. The summed E-state index contributed by atoms with van der Waals surface area (Å²) >= 11 is 0. The number of unbranched alkanes of at least 4 members (excludes halogenated alkanes) is 1. The Balaban J connectivity index is -0.0000000910. The number of rotatable bonds is 2. The van der Waals surface area contributed by atoms with E-state index in [9.17, 15) is 4.79 Å². The van der Waals surface area contributed by atoms with Gasteiger partial charge in [0.2, 0.25) is 5.91 Å². The molecule has 0 saturated heterocycles. The first kappa shape index (κ1) is 16.1. The van der Waals surface area contributed by atoms with Crippen LogP contribution in [-0.4, -0.2) is 5.91 Å². The Morgan fingerprint density at radius 3 is 1.70 bits per heavy atom. The van der Waals surface area contributed by atoms with E-state index in [0.717, 1.165) is 6.08 Å². The van der Waals surface area contributed by atoms with Crippen LogP contribution in [0.2, 0.25) is 0 Å². The number of primary amides is 1. The molecule has 0 aliphatic heterocycles. The Bertz CT molecular complexity index is 79.7. The average Bonchev–Trinajstić information content (AvgIpc) is 1.89. The molecule has 0 radical (unpaired) electrons. The maximum atomic E-state index is 9.47. The normalized spacial score (nSPS) is 6.20. The quantitative estimate of drug-likeness (QED) is 0.581. The standard InChI is InChI=1S/C4H10.C3H5NO.H3N/c1-3-4-2;1-2-3(4)5;/h3-4H2,1-2H3;2H,1H2,(H2,4,5);1H3. The van der Waals surface area contributed by atoms with Crippen LogP contribution in [0.25, 0.3) is 0 Å². The number of hydrogen-bond acceptors (Lipinski definition) is 2. The third-order valence-electron chi connectivity index (χ3n) is 0.701. The molecule has 0 atom stereocenters. The molecule has 0 unspecified atom stereocenters. The van der Waals surface area contributed by atoms with Gasteiger partial charge in [0.05, 0.1) is 0 Å². The lowest BCUT2D eigenvalue weighted by molar-refractivity contribution is -0.113. The Labute approximate surface area is 62.9 Å². The summed E-state index contributed by atoms with van der Waals surface area (Å²) in [6.45, 7) is 7.45. The van der Waals surface area contributed by atoms with E-state index >= 15 is 0 Å². The van der Waals surface area contributed by atoms with E-state index in [1.54, 1.807) is 0 Å². The van der Waals surface area contributed by atoms with Gasteiger partial charge in [-0.25, -0.2) is 0 Å². The predicted octanol–water partition coefficient (Wildman–Crippen LogP) is 1.63. The van der Waals surface area contributed by atoms with Crippen molar-refractivity contribution < 1.29 is 4.79 Å². The van der Waals surface area contributed by atoms with Crippen LogP contribution < -0.4 is 11.9 Å². The second-order valence-corrected chi connectivity index (χ2v) is 1.61. The van der Waals surface area contributed by atoms with E-state index in [4.69, 9.17) is 0 Å². The molecule has 0 heterocycles. The first-order valence-electron chi connectivity index (χ1n) is 3.10. The van der Waals surface area contributed by atoms with Crippen molar-refractivity contribution in [3.05, 3.63) is 12.7 Å². The van der Waals surface area contributed by atoms with Crippen LogP contribution >= 0.6 is 0 Å². The molecule has 5 N–H and O–H groups in total. The van der Waals surface area contributed by atoms with Crippen molar-refractivity contribution in [3.63, 3.8) is 0 Å². The minimum Gasteiger partial charge on any atom is -0.366 e. The number of carbonyl (C=O) groups excluding carboxylic acids is 1. The molecule has 0 rings (SSSR count). The summed E-state index contributed by atoms with van der Waals surface area (Å²) < 4.78 is 0. The SMILES string of the molecule is C=CC(N)=O.CCCC.N. The molecule has 0 saturated carbocycles. The zero-order valence-corrected chi connectivity index (χ0v) is 6.89. The smallest absolute Gasteiger partial charge is 0.240 e. The van der Waals surface area contributed by atoms with Gasteiger partial charge in [0, 0.05) is 0 Å². The second kappa shape index (κ2) is 15.7. The summed E-state index contributed by atoms with van der Waals surface area (Å²) in [4.78, 5) is 9.47. The van der Waals surface area contributed by atoms with Crippen molar-refractivity contribution in [2.45, 2.75) is 26.7 Å². The topological polar surface area (TPSA) is 78.1 Å². The van der Waals surface area contributed by atoms with Gasteiger partial charge in [-0.2, -0.15) is 0 Å². The van der Waals surface area contributed by atoms with Gasteiger partial charge >= 0.3 is 0 Å². The van der Waals surface area contributed by atoms with Crippen LogP contribution in [0.4, 0.5) is 0 Å². The Kier molecular flexibility index (Phi) is 25.3. The molecule has 0 aromatic carbocycles. The molecule has 0 aromatic heterocycles. The minimum absolute atomic E-state index is 0. The highest BCUT2D eigenvalue weighted by molar-refractivity contribution is 5.84. The molecule has 0 fully saturated rings. The summed E-state index contributed by atoms with van der Waals surface area (Å²) in [5.74, 6) is -0.481. The lowest BCUT2D eigenvalue weighted by Gasteiger charge is -1.68. The molecule has 62 valence electrons. The summed E-state index contributed by atoms with van der Waals surface area (Å²) in [6.07, 6.45) is 3.69. The van der Waals surface area contributed by atoms with Gasteiger partial charge in [0.1, 0.15) is 0 Å². The molecule has 3 heteroatoms. The van der Waals surface area contributed by atoms with Crippen LogP contribution in [0, 0.1) is 0 Å². The molecule has 0 spiro atoms. The van der Waals surface area contributed by atoms with Gasteiger partial charge in [-0.3, -0.25) is 4.79 Å². The largest absolute Gasteiger partial charge is 0.366 e. The van der Waals surface area contributed by atoms with Crippen LogP contribution in [0.5, 0.6) is 0 Å². The fourth-order valence-electron chi connectivity index (χ4n) is 0. The number of nitrogens with two attached hydrogens (primary N) is 1.